The van der Waals surface area contributed by atoms with E-state index in [-0.39, 0.29) is 6.10 Å². The Balaban J connectivity index is 2.63. The lowest BCUT2D eigenvalue weighted by atomic mass is 9.88. The Morgan fingerprint density at radius 1 is 1.10 bits per heavy atom. The highest BCUT2D eigenvalue weighted by atomic mass is 16.4. The Labute approximate surface area is 128 Å². The molecule has 1 aromatic carbocycles. The van der Waals surface area contributed by atoms with Crippen molar-refractivity contribution in [2.75, 3.05) is 0 Å². The van der Waals surface area contributed by atoms with Gasteiger partial charge in [0.2, 0.25) is 0 Å². The molecule has 2 N–H and O–H groups in total. The lowest BCUT2D eigenvalue weighted by Gasteiger charge is -2.18. The monoisotopic (exact) mass is 291 g/mol. The van der Waals surface area contributed by atoms with Gasteiger partial charge in [-0.25, -0.2) is 0 Å². The number of aliphatic hydroxyl groups is 1. The summed E-state index contributed by atoms with van der Waals surface area (Å²) in [4.78, 5) is 0. The Morgan fingerprint density at radius 3 is 2.38 bits per heavy atom. The highest BCUT2D eigenvalue weighted by molar-refractivity contribution is 6.00. The minimum atomic E-state index is -0.259. The third kappa shape index (κ3) is 7.28. The van der Waals surface area contributed by atoms with Crippen molar-refractivity contribution >= 4 is 5.71 Å². The first-order chi connectivity index (χ1) is 10.2. The standard InChI is InChI=1S/C18H29NO2/c1-3-4-6-9-16(13-12-15(2)20)14-18(19-21)17-10-7-5-8-11-17/h5,7-8,10-11,15-16,20-21H,3-4,6,9,12-14H2,1-2H3. The van der Waals surface area contributed by atoms with Crippen LogP contribution >= 0.6 is 0 Å². The Hall–Kier alpha value is -1.35. The fourth-order valence-electron chi connectivity index (χ4n) is 2.63. The summed E-state index contributed by atoms with van der Waals surface area (Å²) in [7, 11) is 0. The van der Waals surface area contributed by atoms with Crippen molar-refractivity contribution in [2.24, 2.45) is 11.1 Å². The number of rotatable bonds is 10. The van der Waals surface area contributed by atoms with Crippen LogP contribution in [0.1, 0.15) is 64.4 Å². The van der Waals surface area contributed by atoms with Crippen LogP contribution in [0.15, 0.2) is 35.5 Å². The molecule has 1 rings (SSSR count). The summed E-state index contributed by atoms with van der Waals surface area (Å²) in [5, 5.41) is 22.3. The van der Waals surface area contributed by atoms with Gasteiger partial charge in [0.25, 0.3) is 0 Å². The van der Waals surface area contributed by atoms with E-state index in [9.17, 15) is 10.3 Å². The van der Waals surface area contributed by atoms with Gasteiger partial charge in [-0.15, -0.1) is 0 Å². The summed E-state index contributed by atoms with van der Waals surface area (Å²) in [5.74, 6) is 0.470. The molecule has 0 fully saturated rings. The first kappa shape index (κ1) is 17.7. The molecule has 0 bridgehead atoms. The van der Waals surface area contributed by atoms with E-state index in [4.69, 9.17) is 0 Å². The molecule has 118 valence electrons. The predicted octanol–water partition coefficient (Wildman–Crippen LogP) is 4.61. The van der Waals surface area contributed by atoms with Crippen LogP contribution in [0.4, 0.5) is 0 Å². The highest BCUT2D eigenvalue weighted by Gasteiger charge is 2.15. The lowest BCUT2D eigenvalue weighted by Crippen LogP contribution is -2.13. The van der Waals surface area contributed by atoms with Gasteiger partial charge in [0.15, 0.2) is 0 Å². The van der Waals surface area contributed by atoms with Crippen molar-refractivity contribution in [1.29, 1.82) is 0 Å². The van der Waals surface area contributed by atoms with Gasteiger partial charge in [0, 0.05) is 0 Å². The van der Waals surface area contributed by atoms with E-state index in [0.29, 0.717) is 5.92 Å². The minimum Gasteiger partial charge on any atom is -0.411 e. The molecule has 2 atom stereocenters. The molecule has 0 aliphatic carbocycles. The summed E-state index contributed by atoms with van der Waals surface area (Å²) in [6, 6.07) is 9.84. The highest BCUT2D eigenvalue weighted by Crippen LogP contribution is 2.23. The van der Waals surface area contributed by atoms with Crippen LogP contribution in [0, 0.1) is 5.92 Å². The fourth-order valence-corrected chi connectivity index (χ4v) is 2.63. The third-order valence-electron chi connectivity index (χ3n) is 3.92. The third-order valence-corrected chi connectivity index (χ3v) is 3.92. The Kier molecular flexibility index (Phi) is 8.76. The summed E-state index contributed by atoms with van der Waals surface area (Å²) in [6.45, 7) is 4.04. The maximum atomic E-state index is 9.50. The predicted molar refractivity (Wildman–Crippen MR) is 87.9 cm³/mol. The summed E-state index contributed by atoms with van der Waals surface area (Å²) in [6.07, 6.45) is 7.09. The number of nitrogens with zero attached hydrogens (tertiary/aromatic N) is 1. The van der Waals surface area contributed by atoms with Gasteiger partial charge in [-0.05, 0) is 37.7 Å². The summed E-state index contributed by atoms with van der Waals surface area (Å²) < 4.78 is 0. The zero-order valence-corrected chi connectivity index (χ0v) is 13.3. The normalized spacial score (nSPS) is 14.9. The van der Waals surface area contributed by atoms with Gasteiger partial charge in [-0.2, -0.15) is 0 Å². The molecular formula is C18H29NO2. The molecule has 3 nitrogen and oxygen atoms in total. The molecule has 2 unspecified atom stereocenters. The van der Waals surface area contributed by atoms with Gasteiger partial charge < -0.3 is 10.3 Å². The maximum absolute atomic E-state index is 9.50. The molecule has 0 aliphatic heterocycles. The quantitative estimate of drug-likeness (QED) is 0.286. The minimum absolute atomic E-state index is 0.259. The molecule has 0 radical (unpaired) electrons. The smallest absolute Gasteiger partial charge is 0.0870 e. The molecule has 0 saturated carbocycles. The fraction of sp³-hybridized carbons (Fsp3) is 0.611. The number of unbranched alkanes of at least 4 members (excludes halogenated alkanes) is 2. The van der Waals surface area contributed by atoms with E-state index < -0.39 is 0 Å². The van der Waals surface area contributed by atoms with Crippen LogP contribution in [0.3, 0.4) is 0 Å². The topological polar surface area (TPSA) is 52.8 Å². The maximum Gasteiger partial charge on any atom is 0.0870 e. The van der Waals surface area contributed by atoms with Crippen molar-refractivity contribution in [3.8, 4) is 0 Å². The second kappa shape index (κ2) is 10.4. The van der Waals surface area contributed by atoms with Crippen LogP contribution in [-0.2, 0) is 0 Å². The Bertz CT molecular complexity index is 401. The van der Waals surface area contributed by atoms with Crippen LogP contribution in [0.25, 0.3) is 0 Å². The van der Waals surface area contributed by atoms with Crippen LogP contribution in [-0.4, -0.2) is 22.1 Å². The van der Waals surface area contributed by atoms with Gasteiger partial charge in [-0.1, -0.05) is 68.1 Å². The second-order valence-electron chi connectivity index (χ2n) is 5.91. The largest absolute Gasteiger partial charge is 0.411 e. The zero-order chi connectivity index (χ0) is 15.5. The van der Waals surface area contributed by atoms with Gasteiger partial charge in [0.1, 0.15) is 0 Å². The molecular weight excluding hydrogens is 262 g/mol. The van der Waals surface area contributed by atoms with Crippen LogP contribution < -0.4 is 0 Å². The molecule has 3 heteroatoms. The van der Waals surface area contributed by atoms with E-state index in [1.54, 1.807) is 0 Å². The second-order valence-corrected chi connectivity index (χ2v) is 5.91. The number of hydrogen-bond acceptors (Lipinski definition) is 3. The van der Waals surface area contributed by atoms with Crippen molar-refractivity contribution in [3.63, 3.8) is 0 Å². The molecule has 0 aromatic heterocycles. The van der Waals surface area contributed by atoms with Crippen molar-refractivity contribution < 1.29 is 10.3 Å². The number of oxime groups is 1. The first-order valence-electron chi connectivity index (χ1n) is 8.11. The molecule has 0 spiro atoms. The molecule has 0 heterocycles. The van der Waals surface area contributed by atoms with Gasteiger partial charge >= 0.3 is 0 Å². The van der Waals surface area contributed by atoms with Crippen molar-refractivity contribution in [3.05, 3.63) is 35.9 Å². The van der Waals surface area contributed by atoms with Gasteiger partial charge in [0.05, 0.1) is 11.8 Å². The van der Waals surface area contributed by atoms with Crippen molar-refractivity contribution in [1.82, 2.24) is 0 Å². The Morgan fingerprint density at radius 2 is 1.81 bits per heavy atom. The van der Waals surface area contributed by atoms with E-state index in [1.807, 2.05) is 37.3 Å². The van der Waals surface area contributed by atoms with Crippen molar-refractivity contribution in [2.45, 2.75) is 64.9 Å². The SMILES string of the molecule is CCCCCC(CCC(C)O)CC(=NO)c1ccccc1. The van der Waals surface area contributed by atoms with E-state index in [1.165, 1.54) is 19.3 Å². The van der Waals surface area contributed by atoms with E-state index in [2.05, 4.69) is 12.1 Å². The van der Waals surface area contributed by atoms with E-state index in [0.717, 1.165) is 37.0 Å². The van der Waals surface area contributed by atoms with E-state index >= 15 is 0 Å². The van der Waals surface area contributed by atoms with Gasteiger partial charge in [-0.3, -0.25) is 0 Å². The molecule has 0 amide bonds. The number of hydrogen-bond donors (Lipinski definition) is 2. The number of benzene rings is 1. The zero-order valence-electron chi connectivity index (χ0n) is 13.3. The average Bonchev–Trinajstić information content (AvgIpc) is 2.50. The average molecular weight is 291 g/mol. The molecule has 0 saturated heterocycles. The summed E-state index contributed by atoms with van der Waals surface area (Å²) >= 11 is 0. The lowest BCUT2D eigenvalue weighted by molar-refractivity contribution is 0.172. The molecule has 21 heavy (non-hydrogen) atoms. The van der Waals surface area contributed by atoms with Crippen LogP contribution in [0.5, 0.6) is 0 Å². The van der Waals surface area contributed by atoms with Crippen LogP contribution in [0.2, 0.25) is 0 Å². The molecule has 0 aliphatic rings. The summed E-state index contributed by atoms with van der Waals surface area (Å²) in [5.41, 5.74) is 1.74. The molecule has 1 aromatic rings. The number of aliphatic hydroxyl groups excluding tert-OH is 1. The first-order valence-corrected chi connectivity index (χ1v) is 8.11.